The number of aliphatic imine (C=N–C) groups is 1. The molecule has 51 heavy (non-hydrogen) atoms. The van der Waals surface area contributed by atoms with Crippen molar-refractivity contribution < 1.29 is 32.6 Å². The molecular weight excluding hydrogens is 669 g/mol. The van der Waals surface area contributed by atoms with E-state index < -0.39 is 41.2 Å². The maximum atomic E-state index is 14.4. The molecule has 0 saturated carbocycles. The van der Waals surface area contributed by atoms with Crippen LogP contribution in [-0.4, -0.2) is 51.9 Å². The maximum Gasteiger partial charge on any atom is 0.269 e. The number of hydrogen-bond acceptors (Lipinski definition) is 7. The minimum Gasteiger partial charge on any atom is -0.497 e. The number of rotatable bonds is 11. The molecule has 3 unspecified atom stereocenters. The van der Waals surface area contributed by atoms with Crippen LogP contribution < -0.4 is 19.7 Å². The summed E-state index contributed by atoms with van der Waals surface area (Å²) >= 11 is -2.69. The van der Waals surface area contributed by atoms with E-state index in [1.54, 1.807) is 31.4 Å². The second-order valence-electron chi connectivity index (χ2n) is 12.1. The number of ether oxygens (including phenoxy) is 3. The van der Waals surface area contributed by atoms with E-state index in [-0.39, 0.29) is 19.0 Å². The summed E-state index contributed by atoms with van der Waals surface area (Å²) in [5.74, 6) is -0.323. The first-order valence-corrected chi connectivity index (χ1v) is 17.2. The molecule has 11 nitrogen and oxygen atoms in total. The van der Waals surface area contributed by atoms with Gasteiger partial charge in [-0.2, -0.15) is 0 Å². The van der Waals surface area contributed by atoms with Gasteiger partial charge in [-0.3, -0.25) is 18.4 Å². The van der Waals surface area contributed by atoms with Crippen LogP contribution in [0.2, 0.25) is 0 Å². The fraction of sp³-hybridized carbons (Fsp3) is 0.154. The number of carbonyl (C=O) groups is 2. The highest BCUT2D eigenvalue weighted by Gasteiger charge is 2.49. The van der Waals surface area contributed by atoms with Gasteiger partial charge in [-0.15, -0.1) is 0 Å². The van der Waals surface area contributed by atoms with Crippen molar-refractivity contribution >= 4 is 50.9 Å². The number of nitrogens with one attached hydrogen (secondary N) is 2. The van der Waals surface area contributed by atoms with Crippen LogP contribution in [0, 0.1) is 0 Å². The first kappa shape index (κ1) is 33.5. The molecule has 2 aliphatic heterocycles. The number of nitrogens with zero attached hydrogens (tertiary/aromatic N) is 2. The van der Waals surface area contributed by atoms with E-state index in [1.165, 1.54) is 10.6 Å². The predicted octanol–water partition coefficient (Wildman–Crippen LogP) is 5.94. The Balaban J connectivity index is 1.31. The van der Waals surface area contributed by atoms with Gasteiger partial charge in [-0.05, 0) is 46.7 Å². The van der Waals surface area contributed by atoms with Gasteiger partial charge >= 0.3 is 0 Å². The summed E-state index contributed by atoms with van der Waals surface area (Å²) in [4.78, 5) is 32.8. The average molecular weight is 703 g/mol. The van der Waals surface area contributed by atoms with Gasteiger partial charge in [0.05, 0.1) is 30.6 Å². The van der Waals surface area contributed by atoms with Gasteiger partial charge in [0.1, 0.15) is 17.6 Å². The van der Waals surface area contributed by atoms with Crippen molar-refractivity contribution in [1.82, 2.24) is 5.32 Å². The molecule has 0 radical (unpaired) electrons. The van der Waals surface area contributed by atoms with Crippen molar-refractivity contribution in [1.29, 1.82) is 0 Å². The number of carbonyl (C=O) groups excluding carboxylic acids is 2. The molecule has 0 aromatic heterocycles. The molecule has 2 amide bonds. The minimum absolute atomic E-state index is 0.0598. The third kappa shape index (κ3) is 6.91. The highest BCUT2D eigenvalue weighted by molar-refractivity contribution is 7.80. The lowest BCUT2D eigenvalue weighted by Crippen LogP contribution is -2.56. The molecule has 7 rings (SSSR count). The highest BCUT2D eigenvalue weighted by atomic mass is 32.2. The number of amides is 2. The summed E-state index contributed by atoms with van der Waals surface area (Å²) in [6.07, 6.45) is -0.322. The Morgan fingerprint density at radius 2 is 1.69 bits per heavy atom. The van der Waals surface area contributed by atoms with Crippen molar-refractivity contribution in [2.45, 2.75) is 24.5 Å². The largest absolute Gasteiger partial charge is 0.497 e. The van der Waals surface area contributed by atoms with E-state index >= 15 is 0 Å². The first-order chi connectivity index (χ1) is 24.8. The molecule has 5 aromatic rings. The molecular formula is C39H34N4O7S. The van der Waals surface area contributed by atoms with E-state index in [9.17, 15) is 18.4 Å². The minimum atomic E-state index is -2.69. The number of fused-ring (bicyclic) bond motifs is 2. The lowest BCUT2D eigenvalue weighted by Gasteiger charge is -2.42. The Kier molecular flexibility index (Phi) is 9.51. The van der Waals surface area contributed by atoms with E-state index in [2.05, 4.69) is 10.6 Å². The van der Waals surface area contributed by atoms with Gasteiger partial charge in [0, 0.05) is 17.5 Å². The van der Waals surface area contributed by atoms with Gasteiger partial charge in [-0.25, -0.2) is 9.20 Å². The van der Waals surface area contributed by atoms with Crippen LogP contribution in [0.25, 0.3) is 10.8 Å². The van der Waals surface area contributed by atoms with E-state index in [0.29, 0.717) is 28.4 Å². The van der Waals surface area contributed by atoms with Crippen LogP contribution >= 0.6 is 0 Å². The first-order valence-electron chi connectivity index (χ1n) is 16.2. The lowest BCUT2D eigenvalue weighted by atomic mass is 9.84. The quantitative estimate of drug-likeness (QED) is 0.145. The summed E-state index contributed by atoms with van der Waals surface area (Å²) < 4.78 is 42.8. The standard InChI is InChI=1S/C39H34N4O7S/c1-48-31-19-17-28-20-30(18-16-29(28)21-31)43(51(46)47)39(34-24-49-25-50-34,22-26-10-4-2-5-11-26)23-35(44)41-37-38(45)40-33-15-9-8-14-32(33)36(42-37)27-12-6-3-7-13-27/h2-21,24,37H,22-23,25H2,1H3,(H,40,45)(H,41,44)(H,46,47). The van der Waals surface area contributed by atoms with Gasteiger partial charge < -0.3 is 24.8 Å². The number of methoxy groups -OCH3 is 1. The molecule has 0 fully saturated rings. The van der Waals surface area contributed by atoms with Gasteiger partial charge in [-0.1, -0.05) is 91.0 Å². The monoisotopic (exact) mass is 702 g/mol. The molecule has 2 heterocycles. The van der Waals surface area contributed by atoms with Gasteiger partial charge in [0.15, 0.2) is 5.76 Å². The third-order valence-corrected chi connectivity index (χ3v) is 9.70. The van der Waals surface area contributed by atoms with E-state index in [1.807, 2.05) is 97.1 Å². The second kappa shape index (κ2) is 14.5. The van der Waals surface area contributed by atoms with Crippen LogP contribution in [-0.2, 0) is 36.8 Å². The number of para-hydroxylation sites is 1. The van der Waals surface area contributed by atoms with Crippen molar-refractivity contribution in [2.24, 2.45) is 4.99 Å². The Hall–Kier alpha value is -5.98. The predicted molar refractivity (Wildman–Crippen MR) is 195 cm³/mol. The fourth-order valence-corrected chi connectivity index (χ4v) is 7.31. The molecule has 258 valence electrons. The fourth-order valence-electron chi connectivity index (χ4n) is 6.50. The average Bonchev–Trinajstić information content (AvgIpc) is 3.66. The summed E-state index contributed by atoms with van der Waals surface area (Å²) in [7, 11) is 1.58. The summed E-state index contributed by atoms with van der Waals surface area (Å²) in [5.41, 5.74) is 2.03. The molecule has 3 atom stereocenters. The van der Waals surface area contributed by atoms with Crippen molar-refractivity contribution in [2.75, 3.05) is 23.5 Å². The normalized spacial score (nSPS) is 16.9. The zero-order valence-electron chi connectivity index (χ0n) is 27.5. The molecule has 2 aliphatic rings. The van der Waals surface area contributed by atoms with Crippen LogP contribution in [0.3, 0.4) is 0 Å². The van der Waals surface area contributed by atoms with Crippen molar-refractivity contribution in [3.63, 3.8) is 0 Å². The summed E-state index contributed by atoms with van der Waals surface area (Å²) in [6, 6.07) is 36.7. The van der Waals surface area contributed by atoms with Crippen LogP contribution in [0.5, 0.6) is 5.75 Å². The third-order valence-electron chi connectivity index (χ3n) is 8.83. The SMILES string of the molecule is COc1ccc2cc(N(S(=O)O)C(CC(=O)NC3N=C(c4ccccc4)c4ccccc4NC3=O)(Cc3ccccc3)C3=COCO3)ccc2c1. The van der Waals surface area contributed by atoms with Crippen LogP contribution in [0.4, 0.5) is 11.4 Å². The maximum absolute atomic E-state index is 14.4. The molecule has 12 heteroatoms. The Bertz CT molecular complexity index is 2180. The number of anilines is 2. The van der Waals surface area contributed by atoms with Gasteiger partial charge in [0.2, 0.25) is 18.9 Å². The smallest absolute Gasteiger partial charge is 0.269 e. The highest BCUT2D eigenvalue weighted by Crippen LogP contribution is 2.41. The number of benzene rings is 5. The summed E-state index contributed by atoms with van der Waals surface area (Å²) in [6.45, 7) is -0.148. The van der Waals surface area contributed by atoms with E-state index in [0.717, 1.165) is 21.9 Å². The molecule has 0 spiro atoms. The molecule has 0 saturated heterocycles. The summed E-state index contributed by atoms with van der Waals surface area (Å²) in [5, 5.41) is 7.33. The molecule has 0 aliphatic carbocycles. The Labute approximate surface area is 297 Å². The lowest BCUT2D eigenvalue weighted by molar-refractivity contribution is -0.127. The zero-order valence-corrected chi connectivity index (χ0v) is 28.3. The van der Waals surface area contributed by atoms with Crippen molar-refractivity contribution in [3.8, 4) is 5.75 Å². The second-order valence-corrected chi connectivity index (χ2v) is 12.9. The number of benzodiazepines with no additional fused rings is 1. The van der Waals surface area contributed by atoms with E-state index in [4.69, 9.17) is 19.2 Å². The zero-order chi connectivity index (χ0) is 35.4. The molecule has 0 bridgehead atoms. The Morgan fingerprint density at radius 3 is 2.41 bits per heavy atom. The topological polar surface area (TPSA) is 139 Å². The molecule has 5 aromatic carbocycles. The van der Waals surface area contributed by atoms with Crippen LogP contribution in [0.1, 0.15) is 23.1 Å². The van der Waals surface area contributed by atoms with Gasteiger partial charge in [0.25, 0.3) is 17.2 Å². The van der Waals surface area contributed by atoms with Crippen molar-refractivity contribution in [3.05, 3.63) is 150 Å². The Morgan fingerprint density at radius 1 is 0.980 bits per heavy atom. The molecule has 3 N–H and O–H groups in total. The van der Waals surface area contributed by atoms with Crippen LogP contribution in [0.15, 0.2) is 138 Å². The number of hydrogen-bond donors (Lipinski definition) is 3.